The topological polar surface area (TPSA) is 43.6 Å². The molecule has 0 radical (unpaired) electrons. The van der Waals surface area contributed by atoms with Crippen LogP contribution in [0.2, 0.25) is 0 Å². The van der Waals surface area contributed by atoms with E-state index >= 15 is 0 Å². The van der Waals surface area contributed by atoms with Crippen molar-refractivity contribution in [3.8, 4) is 11.4 Å². The quantitative estimate of drug-likeness (QED) is 0.493. The molecule has 0 unspecified atom stereocenters. The van der Waals surface area contributed by atoms with E-state index in [0.29, 0.717) is 6.54 Å². The molecule has 0 N–H and O–H groups in total. The van der Waals surface area contributed by atoms with E-state index in [2.05, 4.69) is 58.4 Å². The highest BCUT2D eigenvalue weighted by atomic mass is 32.2. The van der Waals surface area contributed by atoms with Crippen molar-refractivity contribution >= 4 is 11.8 Å². The van der Waals surface area contributed by atoms with Gasteiger partial charge in [-0.2, -0.15) is 0 Å². The first kappa shape index (κ1) is 16.5. The highest BCUT2D eigenvalue weighted by Crippen LogP contribution is 2.27. The molecule has 0 aliphatic carbocycles. The van der Waals surface area contributed by atoms with E-state index < -0.39 is 0 Å². The molecule has 0 aliphatic rings. The van der Waals surface area contributed by atoms with Gasteiger partial charge in [-0.1, -0.05) is 41.6 Å². The van der Waals surface area contributed by atoms with Gasteiger partial charge in [0.05, 0.1) is 0 Å². The van der Waals surface area contributed by atoms with Gasteiger partial charge in [-0.05, 0) is 37.1 Å². The van der Waals surface area contributed by atoms with Crippen LogP contribution in [-0.2, 0) is 12.3 Å². The third-order valence-corrected chi connectivity index (χ3v) is 4.84. The Morgan fingerprint density at radius 1 is 1.12 bits per heavy atom. The van der Waals surface area contributed by atoms with Crippen LogP contribution in [0, 0.1) is 13.8 Å². The standard InChI is InChI=1S/C19H20N4S/c1-4-11-23-18(16-7-9-20-10-8-16)21-22-19(23)24-13-17-12-14(2)5-6-15(17)3/h4-10,12H,1,11,13H2,2-3H3. The van der Waals surface area contributed by atoms with Crippen molar-refractivity contribution in [2.75, 3.05) is 0 Å². The molecule has 3 aromatic rings. The summed E-state index contributed by atoms with van der Waals surface area (Å²) >= 11 is 1.70. The SMILES string of the molecule is C=CCn1c(SCc2cc(C)ccc2C)nnc1-c1ccncc1. The fourth-order valence-electron chi connectivity index (χ4n) is 2.50. The number of allylic oxidation sites excluding steroid dienone is 1. The smallest absolute Gasteiger partial charge is 0.192 e. The van der Waals surface area contributed by atoms with Crippen LogP contribution < -0.4 is 0 Å². The minimum Gasteiger partial charge on any atom is -0.298 e. The van der Waals surface area contributed by atoms with E-state index in [9.17, 15) is 0 Å². The van der Waals surface area contributed by atoms with Crippen molar-refractivity contribution in [1.82, 2.24) is 19.7 Å². The summed E-state index contributed by atoms with van der Waals surface area (Å²) in [7, 11) is 0. The number of thioether (sulfide) groups is 1. The first-order valence-corrected chi connectivity index (χ1v) is 8.81. The summed E-state index contributed by atoms with van der Waals surface area (Å²) in [6.07, 6.45) is 5.41. The van der Waals surface area contributed by atoms with Crippen LogP contribution >= 0.6 is 11.8 Å². The first-order valence-electron chi connectivity index (χ1n) is 7.82. The Labute approximate surface area is 146 Å². The monoisotopic (exact) mass is 336 g/mol. The fraction of sp³-hybridized carbons (Fsp3) is 0.211. The van der Waals surface area contributed by atoms with Crippen molar-refractivity contribution in [2.24, 2.45) is 0 Å². The molecule has 1 aromatic carbocycles. The summed E-state index contributed by atoms with van der Waals surface area (Å²) in [6, 6.07) is 10.4. The van der Waals surface area contributed by atoms with E-state index in [-0.39, 0.29) is 0 Å². The van der Waals surface area contributed by atoms with Crippen LogP contribution in [0.5, 0.6) is 0 Å². The zero-order valence-corrected chi connectivity index (χ0v) is 14.8. The Morgan fingerprint density at radius 2 is 1.92 bits per heavy atom. The molecule has 0 atom stereocenters. The maximum Gasteiger partial charge on any atom is 0.192 e. The molecule has 0 saturated heterocycles. The van der Waals surface area contributed by atoms with Crippen LogP contribution in [0.1, 0.15) is 16.7 Å². The van der Waals surface area contributed by atoms with Gasteiger partial charge in [-0.15, -0.1) is 16.8 Å². The van der Waals surface area contributed by atoms with Gasteiger partial charge < -0.3 is 0 Å². The molecule has 122 valence electrons. The molecule has 0 amide bonds. The van der Waals surface area contributed by atoms with Gasteiger partial charge in [0.2, 0.25) is 0 Å². The second kappa shape index (κ2) is 7.45. The number of pyridine rings is 1. The Bertz CT molecular complexity index is 840. The first-order chi connectivity index (χ1) is 11.7. The second-order valence-corrected chi connectivity index (χ2v) is 6.60. The molecule has 2 heterocycles. The largest absolute Gasteiger partial charge is 0.298 e. The molecular weight excluding hydrogens is 316 g/mol. The molecule has 0 aliphatic heterocycles. The van der Waals surface area contributed by atoms with Gasteiger partial charge in [-0.3, -0.25) is 9.55 Å². The number of nitrogens with zero attached hydrogens (tertiary/aromatic N) is 4. The number of rotatable bonds is 6. The second-order valence-electron chi connectivity index (χ2n) is 5.66. The van der Waals surface area contributed by atoms with Crippen LogP contribution in [0.3, 0.4) is 0 Å². The molecule has 5 heteroatoms. The van der Waals surface area contributed by atoms with Gasteiger partial charge >= 0.3 is 0 Å². The highest BCUT2D eigenvalue weighted by Gasteiger charge is 2.14. The maximum absolute atomic E-state index is 4.39. The van der Waals surface area contributed by atoms with E-state index in [1.807, 2.05) is 18.2 Å². The Kier molecular flexibility index (Phi) is 5.11. The molecule has 2 aromatic heterocycles. The lowest BCUT2D eigenvalue weighted by Crippen LogP contribution is -2.01. The molecule has 0 spiro atoms. The number of aryl methyl sites for hydroxylation is 2. The normalized spacial score (nSPS) is 10.8. The average molecular weight is 336 g/mol. The summed E-state index contributed by atoms with van der Waals surface area (Å²) in [5, 5.41) is 9.67. The Morgan fingerprint density at radius 3 is 2.67 bits per heavy atom. The summed E-state index contributed by atoms with van der Waals surface area (Å²) < 4.78 is 2.10. The molecule has 0 saturated carbocycles. The van der Waals surface area contributed by atoms with Crippen molar-refractivity contribution in [1.29, 1.82) is 0 Å². The van der Waals surface area contributed by atoms with Crippen molar-refractivity contribution in [3.05, 3.63) is 72.1 Å². The van der Waals surface area contributed by atoms with Crippen LogP contribution in [0.25, 0.3) is 11.4 Å². The number of hydrogen-bond donors (Lipinski definition) is 0. The van der Waals surface area contributed by atoms with Gasteiger partial charge in [0.25, 0.3) is 0 Å². The zero-order valence-electron chi connectivity index (χ0n) is 13.9. The third kappa shape index (κ3) is 3.57. The molecule has 0 fully saturated rings. The maximum atomic E-state index is 4.39. The predicted octanol–water partition coefficient (Wildman–Crippen LogP) is 4.44. The molecular formula is C19H20N4S. The molecule has 4 nitrogen and oxygen atoms in total. The van der Waals surface area contributed by atoms with E-state index in [0.717, 1.165) is 22.3 Å². The summed E-state index contributed by atoms with van der Waals surface area (Å²) in [6.45, 7) is 8.80. The van der Waals surface area contributed by atoms with E-state index in [1.165, 1.54) is 16.7 Å². The minimum absolute atomic E-state index is 0.680. The fourth-order valence-corrected chi connectivity index (χ4v) is 3.51. The third-order valence-electron chi connectivity index (χ3n) is 3.83. The number of hydrogen-bond acceptors (Lipinski definition) is 4. The highest BCUT2D eigenvalue weighted by molar-refractivity contribution is 7.98. The van der Waals surface area contributed by atoms with Crippen LogP contribution in [-0.4, -0.2) is 19.7 Å². The van der Waals surface area contributed by atoms with Gasteiger partial charge in [0.15, 0.2) is 11.0 Å². The summed E-state index contributed by atoms with van der Waals surface area (Å²) in [4.78, 5) is 4.06. The van der Waals surface area contributed by atoms with Crippen molar-refractivity contribution in [2.45, 2.75) is 31.3 Å². The van der Waals surface area contributed by atoms with Gasteiger partial charge in [-0.25, -0.2) is 0 Å². The summed E-state index contributed by atoms with van der Waals surface area (Å²) in [5.41, 5.74) is 4.93. The number of aromatic nitrogens is 4. The van der Waals surface area contributed by atoms with Crippen molar-refractivity contribution in [3.63, 3.8) is 0 Å². The van der Waals surface area contributed by atoms with Gasteiger partial charge in [0, 0.05) is 30.3 Å². The lowest BCUT2D eigenvalue weighted by atomic mass is 10.1. The lowest BCUT2D eigenvalue weighted by Gasteiger charge is -2.09. The van der Waals surface area contributed by atoms with Crippen molar-refractivity contribution < 1.29 is 0 Å². The van der Waals surface area contributed by atoms with E-state index in [1.54, 1.807) is 24.2 Å². The Balaban J connectivity index is 1.87. The lowest BCUT2D eigenvalue weighted by molar-refractivity contribution is 0.731. The minimum atomic E-state index is 0.680. The summed E-state index contributed by atoms with van der Waals surface area (Å²) in [5.74, 6) is 1.72. The Hall–Kier alpha value is -2.40. The molecule has 0 bridgehead atoms. The van der Waals surface area contributed by atoms with Crippen LogP contribution in [0.4, 0.5) is 0 Å². The van der Waals surface area contributed by atoms with E-state index in [4.69, 9.17) is 0 Å². The van der Waals surface area contributed by atoms with Gasteiger partial charge in [0.1, 0.15) is 0 Å². The zero-order chi connectivity index (χ0) is 16.9. The average Bonchev–Trinajstić information content (AvgIpc) is 3.00. The van der Waals surface area contributed by atoms with Crippen LogP contribution in [0.15, 0.2) is 60.5 Å². The number of benzene rings is 1. The molecule has 24 heavy (non-hydrogen) atoms. The predicted molar refractivity (Wildman–Crippen MR) is 98.9 cm³/mol. The molecule has 3 rings (SSSR count).